The zero-order valence-electron chi connectivity index (χ0n) is 14.2. The third kappa shape index (κ3) is 3.15. The average molecular weight is 351 g/mol. The molecule has 0 unspecified atom stereocenters. The number of aromatic nitrogens is 4. The van der Waals surface area contributed by atoms with Crippen molar-refractivity contribution in [2.75, 3.05) is 11.9 Å². The molecule has 1 saturated heterocycles. The van der Waals surface area contributed by atoms with Crippen LogP contribution in [0, 0.1) is 12.8 Å². The summed E-state index contributed by atoms with van der Waals surface area (Å²) in [6.45, 7) is 4.83. The van der Waals surface area contributed by atoms with Crippen molar-refractivity contribution < 1.29 is 19.7 Å². The molecule has 0 spiro atoms. The molecule has 1 amide bonds. The second-order valence-corrected chi connectivity index (χ2v) is 6.37. The fraction of sp³-hybridized carbons (Fsp3) is 0.600. The monoisotopic (exact) mass is 351 g/mol. The number of anilines is 1. The second-order valence-electron chi connectivity index (χ2n) is 6.37. The van der Waals surface area contributed by atoms with E-state index in [0.717, 1.165) is 0 Å². The molecule has 1 fully saturated rings. The third-order valence-corrected chi connectivity index (χ3v) is 4.17. The number of H-pyrrole nitrogens is 1. The van der Waals surface area contributed by atoms with Crippen molar-refractivity contribution in [2.24, 2.45) is 5.92 Å². The average Bonchev–Trinajstić information content (AvgIpc) is 3.06. The van der Waals surface area contributed by atoms with Gasteiger partial charge in [-0.05, 0) is 6.92 Å². The van der Waals surface area contributed by atoms with Crippen LogP contribution in [0.4, 0.5) is 5.95 Å². The SMILES string of the molecule is Cc1nc2c(=O)[nH]c(NC(=O)C(C)C)nc2n1[C@H]1C[C@H](O)[C@@H](CO)O1. The molecule has 0 bridgehead atoms. The highest BCUT2D eigenvalue weighted by atomic mass is 16.5. The first-order valence-electron chi connectivity index (χ1n) is 8.06. The van der Waals surface area contributed by atoms with Crippen LogP contribution >= 0.6 is 0 Å². The molecule has 10 nitrogen and oxygen atoms in total. The van der Waals surface area contributed by atoms with E-state index in [0.29, 0.717) is 5.82 Å². The summed E-state index contributed by atoms with van der Waals surface area (Å²) in [7, 11) is 0. The Morgan fingerprint density at radius 1 is 1.48 bits per heavy atom. The third-order valence-electron chi connectivity index (χ3n) is 4.17. The van der Waals surface area contributed by atoms with Gasteiger partial charge in [0.05, 0.1) is 12.7 Å². The van der Waals surface area contributed by atoms with Crippen LogP contribution < -0.4 is 10.9 Å². The highest BCUT2D eigenvalue weighted by molar-refractivity contribution is 5.91. The summed E-state index contributed by atoms with van der Waals surface area (Å²) in [6.07, 6.45) is -1.90. The molecule has 3 heterocycles. The Balaban J connectivity index is 2.04. The molecule has 136 valence electrons. The number of carbonyl (C=O) groups is 1. The summed E-state index contributed by atoms with van der Waals surface area (Å²) in [5, 5.41) is 21.7. The van der Waals surface area contributed by atoms with Crippen molar-refractivity contribution >= 4 is 23.0 Å². The van der Waals surface area contributed by atoms with E-state index in [-0.39, 0.29) is 42.0 Å². The Labute approximate surface area is 142 Å². The van der Waals surface area contributed by atoms with Gasteiger partial charge in [-0.25, -0.2) is 4.98 Å². The van der Waals surface area contributed by atoms with Gasteiger partial charge in [-0.15, -0.1) is 0 Å². The lowest BCUT2D eigenvalue weighted by Crippen LogP contribution is -2.24. The molecule has 3 atom stereocenters. The number of aliphatic hydroxyl groups excluding tert-OH is 2. The van der Waals surface area contributed by atoms with Gasteiger partial charge in [0.1, 0.15) is 18.2 Å². The van der Waals surface area contributed by atoms with Crippen LogP contribution in [-0.2, 0) is 9.53 Å². The van der Waals surface area contributed by atoms with Crippen LogP contribution in [0.25, 0.3) is 11.2 Å². The van der Waals surface area contributed by atoms with E-state index in [1.54, 1.807) is 25.3 Å². The zero-order valence-corrected chi connectivity index (χ0v) is 14.2. The Bertz CT molecular complexity index is 858. The van der Waals surface area contributed by atoms with Gasteiger partial charge in [0, 0.05) is 12.3 Å². The minimum atomic E-state index is -0.825. The number of amides is 1. The fourth-order valence-electron chi connectivity index (χ4n) is 2.80. The summed E-state index contributed by atoms with van der Waals surface area (Å²) in [5.41, 5.74) is -0.121. The number of aryl methyl sites for hydroxylation is 1. The number of nitrogens with zero attached hydrogens (tertiary/aromatic N) is 3. The van der Waals surface area contributed by atoms with Crippen molar-refractivity contribution in [3.8, 4) is 0 Å². The zero-order chi connectivity index (χ0) is 18.3. The molecule has 3 rings (SSSR count). The van der Waals surface area contributed by atoms with E-state index in [9.17, 15) is 19.8 Å². The molecule has 25 heavy (non-hydrogen) atoms. The lowest BCUT2D eigenvalue weighted by Gasteiger charge is -2.15. The number of hydrogen-bond donors (Lipinski definition) is 4. The van der Waals surface area contributed by atoms with Gasteiger partial charge in [0.2, 0.25) is 11.9 Å². The summed E-state index contributed by atoms with van der Waals surface area (Å²) < 4.78 is 7.23. The molecule has 0 aliphatic carbocycles. The van der Waals surface area contributed by atoms with E-state index in [4.69, 9.17) is 4.74 Å². The molecule has 2 aromatic heterocycles. The molecule has 0 radical (unpaired) electrons. The molecule has 1 aliphatic heterocycles. The number of aliphatic hydroxyl groups is 2. The molecular formula is C15H21N5O5. The number of aromatic amines is 1. The maximum absolute atomic E-state index is 12.3. The van der Waals surface area contributed by atoms with Gasteiger partial charge in [0.25, 0.3) is 5.56 Å². The number of fused-ring (bicyclic) bond motifs is 1. The minimum Gasteiger partial charge on any atom is -0.394 e. The summed E-state index contributed by atoms with van der Waals surface area (Å²) in [5.74, 6) is -0.0461. The smallest absolute Gasteiger partial charge is 0.280 e. The van der Waals surface area contributed by atoms with E-state index >= 15 is 0 Å². The molecule has 10 heteroatoms. The van der Waals surface area contributed by atoms with Gasteiger partial charge in [-0.3, -0.25) is 24.5 Å². The van der Waals surface area contributed by atoms with E-state index < -0.39 is 24.0 Å². The summed E-state index contributed by atoms with van der Waals surface area (Å²) in [6, 6.07) is 0. The van der Waals surface area contributed by atoms with Gasteiger partial charge in [-0.1, -0.05) is 13.8 Å². The first-order valence-corrected chi connectivity index (χ1v) is 8.06. The Morgan fingerprint density at radius 3 is 2.80 bits per heavy atom. The highest BCUT2D eigenvalue weighted by Crippen LogP contribution is 2.31. The predicted octanol–water partition coefficient (Wildman–Crippen LogP) is -0.337. The van der Waals surface area contributed by atoms with E-state index in [1.165, 1.54) is 0 Å². The summed E-state index contributed by atoms with van der Waals surface area (Å²) in [4.78, 5) is 35.1. The second kappa shape index (κ2) is 6.54. The minimum absolute atomic E-state index is 0.0228. The number of imidazole rings is 1. The molecule has 0 aromatic carbocycles. The predicted molar refractivity (Wildman–Crippen MR) is 88.0 cm³/mol. The van der Waals surface area contributed by atoms with Crippen LogP contribution in [0.15, 0.2) is 4.79 Å². The Morgan fingerprint density at radius 2 is 2.20 bits per heavy atom. The van der Waals surface area contributed by atoms with E-state index in [1.807, 2.05) is 0 Å². The van der Waals surface area contributed by atoms with Gasteiger partial charge >= 0.3 is 0 Å². The molecule has 1 aliphatic rings. The lowest BCUT2D eigenvalue weighted by molar-refractivity contribution is -0.118. The number of hydrogen-bond acceptors (Lipinski definition) is 7. The molecular weight excluding hydrogens is 330 g/mol. The largest absolute Gasteiger partial charge is 0.394 e. The molecule has 4 N–H and O–H groups in total. The number of nitrogens with one attached hydrogen (secondary N) is 2. The maximum atomic E-state index is 12.3. The van der Waals surface area contributed by atoms with Gasteiger partial charge < -0.3 is 14.9 Å². The first kappa shape index (κ1) is 17.5. The van der Waals surface area contributed by atoms with Gasteiger partial charge in [0.15, 0.2) is 11.2 Å². The van der Waals surface area contributed by atoms with Crippen molar-refractivity contribution in [3.63, 3.8) is 0 Å². The van der Waals surface area contributed by atoms with Crippen LogP contribution in [-0.4, -0.2) is 54.5 Å². The Hall–Kier alpha value is -2.30. The van der Waals surface area contributed by atoms with Crippen molar-refractivity contribution in [3.05, 3.63) is 16.2 Å². The lowest BCUT2D eigenvalue weighted by atomic mass is 10.2. The van der Waals surface area contributed by atoms with Crippen LogP contribution in [0.2, 0.25) is 0 Å². The van der Waals surface area contributed by atoms with Gasteiger partial charge in [-0.2, -0.15) is 4.98 Å². The van der Waals surface area contributed by atoms with Crippen molar-refractivity contribution in [2.45, 2.75) is 45.6 Å². The van der Waals surface area contributed by atoms with Crippen LogP contribution in [0.5, 0.6) is 0 Å². The summed E-state index contributed by atoms with van der Waals surface area (Å²) >= 11 is 0. The van der Waals surface area contributed by atoms with Crippen molar-refractivity contribution in [1.82, 2.24) is 19.5 Å². The molecule has 2 aromatic rings. The van der Waals surface area contributed by atoms with Crippen molar-refractivity contribution in [1.29, 1.82) is 0 Å². The standard InChI is InChI=1S/C15H21N5O5/c1-6(2)13(23)18-15-17-12-11(14(24)19-15)16-7(3)20(12)10-4-8(22)9(5-21)25-10/h6,8-10,21-22H,4-5H2,1-3H3,(H2,17,18,19,23,24)/t8-,9+,10+/m0/s1. The van der Waals surface area contributed by atoms with E-state index in [2.05, 4.69) is 20.3 Å². The maximum Gasteiger partial charge on any atom is 0.280 e. The van der Waals surface area contributed by atoms with Crippen LogP contribution in [0.3, 0.4) is 0 Å². The number of ether oxygens (including phenoxy) is 1. The normalized spacial score (nSPS) is 23.5. The number of carbonyl (C=O) groups excluding carboxylic acids is 1. The Kier molecular flexibility index (Phi) is 4.58. The van der Waals surface area contributed by atoms with Crippen LogP contribution in [0.1, 0.15) is 32.3 Å². The highest BCUT2D eigenvalue weighted by Gasteiger charge is 2.36. The molecule has 0 saturated carbocycles. The first-order chi connectivity index (χ1) is 11.8. The number of rotatable bonds is 4. The quantitative estimate of drug-likeness (QED) is 0.590. The topological polar surface area (TPSA) is 142 Å². The fourth-order valence-corrected chi connectivity index (χ4v) is 2.80.